The molecule has 3 rings (SSSR count). The lowest BCUT2D eigenvalue weighted by Gasteiger charge is -2.09. The van der Waals surface area contributed by atoms with Gasteiger partial charge in [0.05, 0.1) is 17.2 Å². The first-order chi connectivity index (χ1) is 13.1. The van der Waals surface area contributed by atoms with Crippen LogP contribution >= 0.6 is 0 Å². The molecule has 0 unspecified atom stereocenters. The fourth-order valence-electron chi connectivity index (χ4n) is 2.68. The van der Waals surface area contributed by atoms with Crippen LogP contribution < -0.4 is 0 Å². The Morgan fingerprint density at radius 3 is 2.33 bits per heavy atom. The van der Waals surface area contributed by atoms with Gasteiger partial charge >= 0.3 is 5.97 Å². The highest BCUT2D eigenvalue weighted by atomic mass is 16.5. The lowest BCUT2D eigenvalue weighted by atomic mass is 9.98. The minimum Gasteiger partial charge on any atom is -0.457 e. The summed E-state index contributed by atoms with van der Waals surface area (Å²) in [6, 6.07) is 22.7. The largest absolute Gasteiger partial charge is 0.457 e. The number of ether oxygens (including phenoxy) is 1. The van der Waals surface area contributed by atoms with Crippen LogP contribution in [0.5, 0.6) is 0 Å². The van der Waals surface area contributed by atoms with E-state index in [0.717, 1.165) is 5.56 Å². The summed E-state index contributed by atoms with van der Waals surface area (Å²) < 4.78 is 5.36. The summed E-state index contributed by atoms with van der Waals surface area (Å²) in [6.45, 7) is 1.97. The number of carbonyl (C=O) groups is 2. The van der Waals surface area contributed by atoms with Crippen molar-refractivity contribution in [2.45, 2.75) is 13.5 Å². The van der Waals surface area contributed by atoms with Crippen molar-refractivity contribution in [1.82, 2.24) is 0 Å². The van der Waals surface area contributed by atoms with Crippen molar-refractivity contribution in [1.29, 1.82) is 5.26 Å². The molecule has 0 aromatic heterocycles. The Morgan fingerprint density at radius 2 is 1.63 bits per heavy atom. The zero-order valence-electron chi connectivity index (χ0n) is 14.8. The molecular weight excluding hydrogens is 338 g/mol. The van der Waals surface area contributed by atoms with Crippen molar-refractivity contribution in [3.63, 3.8) is 0 Å². The number of benzene rings is 3. The summed E-state index contributed by atoms with van der Waals surface area (Å²) in [5.74, 6) is -0.803. The molecule has 0 saturated heterocycles. The van der Waals surface area contributed by atoms with Gasteiger partial charge in [-0.1, -0.05) is 60.2 Å². The number of ketones is 1. The summed E-state index contributed by atoms with van der Waals surface area (Å²) in [5, 5.41) is 8.95. The third-order valence-electron chi connectivity index (χ3n) is 4.13. The third kappa shape index (κ3) is 4.28. The van der Waals surface area contributed by atoms with Gasteiger partial charge in [0, 0.05) is 11.1 Å². The molecule has 3 aromatic carbocycles. The van der Waals surface area contributed by atoms with Gasteiger partial charge in [0.15, 0.2) is 5.78 Å². The zero-order chi connectivity index (χ0) is 19.2. The summed E-state index contributed by atoms with van der Waals surface area (Å²) in [7, 11) is 0. The molecule has 0 amide bonds. The molecule has 4 nitrogen and oxygen atoms in total. The van der Waals surface area contributed by atoms with E-state index in [0.29, 0.717) is 22.3 Å². The van der Waals surface area contributed by atoms with Crippen LogP contribution in [0.2, 0.25) is 0 Å². The van der Waals surface area contributed by atoms with Gasteiger partial charge in [-0.15, -0.1) is 0 Å². The molecule has 132 valence electrons. The molecule has 0 aliphatic rings. The van der Waals surface area contributed by atoms with Crippen LogP contribution in [0.25, 0.3) is 0 Å². The fourth-order valence-corrected chi connectivity index (χ4v) is 2.68. The van der Waals surface area contributed by atoms with Crippen LogP contribution in [0, 0.1) is 18.3 Å². The number of carbonyl (C=O) groups excluding carboxylic acids is 2. The van der Waals surface area contributed by atoms with Gasteiger partial charge in [-0.2, -0.15) is 5.26 Å². The molecular formula is C23H17NO3. The monoisotopic (exact) mass is 355 g/mol. The van der Waals surface area contributed by atoms with Gasteiger partial charge in [-0.25, -0.2) is 4.79 Å². The molecule has 0 bridgehead atoms. The first-order valence-electron chi connectivity index (χ1n) is 8.45. The van der Waals surface area contributed by atoms with E-state index in [-0.39, 0.29) is 18.0 Å². The predicted octanol–water partition coefficient (Wildman–Crippen LogP) is 4.45. The van der Waals surface area contributed by atoms with Crippen LogP contribution in [-0.4, -0.2) is 11.8 Å². The lowest BCUT2D eigenvalue weighted by molar-refractivity contribution is 0.0470. The number of aryl methyl sites for hydroxylation is 1. The van der Waals surface area contributed by atoms with Crippen molar-refractivity contribution in [2.75, 3.05) is 0 Å². The number of esters is 1. The van der Waals surface area contributed by atoms with Crippen LogP contribution in [0.4, 0.5) is 0 Å². The smallest absolute Gasteiger partial charge is 0.339 e. The zero-order valence-corrected chi connectivity index (χ0v) is 14.8. The predicted molar refractivity (Wildman–Crippen MR) is 101 cm³/mol. The normalized spacial score (nSPS) is 10.1. The van der Waals surface area contributed by atoms with E-state index in [4.69, 9.17) is 10.00 Å². The van der Waals surface area contributed by atoms with E-state index in [1.165, 1.54) is 0 Å². The number of hydrogen-bond donors (Lipinski definition) is 0. The molecule has 0 fully saturated rings. The molecule has 27 heavy (non-hydrogen) atoms. The van der Waals surface area contributed by atoms with E-state index in [1.54, 1.807) is 60.7 Å². The quantitative estimate of drug-likeness (QED) is 0.501. The van der Waals surface area contributed by atoms with Gasteiger partial charge < -0.3 is 4.74 Å². The maximum atomic E-state index is 12.8. The van der Waals surface area contributed by atoms with Gasteiger partial charge in [0.25, 0.3) is 0 Å². The maximum absolute atomic E-state index is 12.8. The highest BCUT2D eigenvalue weighted by Crippen LogP contribution is 2.17. The summed E-state index contributed by atoms with van der Waals surface area (Å²) >= 11 is 0. The van der Waals surface area contributed by atoms with E-state index in [2.05, 4.69) is 0 Å². The molecule has 0 N–H and O–H groups in total. The SMILES string of the molecule is Cc1ccc(C(=O)c2ccccc2C(=O)OCc2cccc(C#N)c2)cc1. The molecule has 0 atom stereocenters. The Bertz CT molecular complexity index is 1030. The number of rotatable bonds is 5. The Hall–Kier alpha value is -3.71. The summed E-state index contributed by atoms with van der Waals surface area (Å²) in [4.78, 5) is 25.3. The number of nitrogens with zero attached hydrogens (tertiary/aromatic N) is 1. The van der Waals surface area contributed by atoms with E-state index >= 15 is 0 Å². The highest BCUT2D eigenvalue weighted by molar-refractivity contribution is 6.14. The standard InChI is InChI=1S/C23H17NO3/c1-16-9-11-19(12-10-16)22(25)20-7-2-3-8-21(20)23(26)27-15-18-6-4-5-17(13-18)14-24/h2-13H,15H2,1H3. The Balaban J connectivity index is 1.80. The summed E-state index contributed by atoms with van der Waals surface area (Å²) in [5.41, 5.74) is 3.31. The molecule has 0 radical (unpaired) electrons. The van der Waals surface area contributed by atoms with Crippen LogP contribution in [0.3, 0.4) is 0 Å². The van der Waals surface area contributed by atoms with Gasteiger partial charge in [-0.3, -0.25) is 4.79 Å². The van der Waals surface area contributed by atoms with Crippen LogP contribution in [0.15, 0.2) is 72.8 Å². The van der Waals surface area contributed by atoms with E-state index < -0.39 is 5.97 Å². The average Bonchev–Trinajstić information content (AvgIpc) is 2.72. The first kappa shape index (κ1) is 18.1. The van der Waals surface area contributed by atoms with Crippen molar-refractivity contribution in [3.8, 4) is 6.07 Å². The topological polar surface area (TPSA) is 67.2 Å². The van der Waals surface area contributed by atoms with Crippen molar-refractivity contribution in [2.24, 2.45) is 0 Å². The fraction of sp³-hybridized carbons (Fsp3) is 0.0870. The Kier molecular flexibility index (Phi) is 5.44. The second kappa shape index (κ2) is 8.11. The molecule has 0 aliphatic heterocycles. The van der Waals surface area contributed by atoms with E-state index in [9.17, 15) is 9.59 Å². The maximum Gasteiger partial charge on any atom is 0.339 e. The van der Waals surface area contributed by atoms with Gasteiger partial charge in [0.2, 0.25) is 0 Å². The van der Waals surface area contributed by atoms with Crippen molar-refractivity contribution < 1.29 is 14.3 Å². The molecule has 0 aliphatic carbocycles. The second-order valence-electron chi connectivity index (χ2n) is 6.13. The van der Waals surface area contributed by atoms with Crippen molar-refractivity contribution in [3.05, 3.63) is 106 Å². The van der Waals surface area contributed by atoms with Gasteiger partial charge in [0.1, 0.15) is 6.61 Å². The van der Waals surface area contributed by atoms with Crippen LogP contribution in [0.1, 0.15) is 43.0 Å². The second-order valence-corrected chi connectivity index (χ2v) is 6.13. The number of nitriles is 1. The minimum absolute atomic E-state index is 0.0292. The molecule has 4 heteroatoms. The summed E-state index contributed by atoms with van der Waals surface area (Å²) in [6.07, 6.45) is 0. The lowest BCUT2D eigenvalue weighted by Crippen LogP contribution is -2.12. The third-order valence-corrected chi connectivity index (χ3v) is 4.13. The molecule has 0 heterocycles. The Morgan fingerprint density at radius 1 is 0.926 bits per heavy atom. The number of hydrogen-bond acceptors (Lipinski definition) is 4. The first-order valence-corrected chi connectivity index (χ1v) is 8.45. The van der Waals surface area contributed by atoms with Crippen LogP contribution in [-0.2, 0) is 11.3 Å². The molecule has 3 aromatic rings. The van der Waals surface area contributed by atoms with E-state index in [1.807, 2.05) is 25.1 Å². The van der Waals surface area contributed by atoms with Gasteiger partial charge in [-0.05, 0) is 30.7 Å². The molecule has 0 saturated carbocycles. The molecule has 0 spiro atoms. The Labute approximate surface area is 157 Å². The average molecular weight is 355 g/mol. The minimum atomic E-state index is -0.576. The highest BCUT2D eigenvalue weighted by Gasteiger charge is 2.19. The van der Waals surface area contributed by atoms with Crippen molar-refractivity contribution >= 4 is 11.8 Å².